The minimum atomic E-state index is -5.08. The number of alkyl halides is 3. The van der Waals surface area contributed by atoms with Crippen LogP contribution in [0.1, 0.15) is 18.4 Å². The molecule has 16 heteroatoms. The summed E-state index contributed by atoms with van der Waals surface area (Å²) in [6.07, 6.45) is -1.89. The summed E-state index contributed by atoms with van der Waals surface area (Å²) in [5.41, 5.74) is 1.33. The first-order chi connectivity index (χ1) is 18.1. The molecule has 2 aliphatic heterocycles. The molecule has 1 aliphatic carbocycles. The molecule has 2 saturated heterocycles. The number of aliphatic carboxylic acids is 1. The number of carboxylic acids is 1. The van der Waals surface area contributed by atoms with E-state index in [0.717, 1.165) is 18.9 Å². The van der Waals surface area contributed by atoms with Gasteiger partial charge in [0.15, 0.2) is 0 Å². The summed E-state index contributed by atoms with van der Waals surface area (Å²) in [5.74, 6) is -3.00. The number of aryl methyl sites for hydroxylation is 2. The Bertz CT molecular complexity index is 1620. The molecule has 39 heavy (non-hydrogen) atoms. The fourth-order valence-electron chi connectivity index (χ4n) is 4.45. The summed E-state index contributed by atoms with van der Waals surface area (Å²) in [7, 11) is -2.19. The molecule has 3 aromatic rings. The third kappa shape index (κ3) is 5.65. The lowest BCUT2D eigenvalue weighted by molar-refractivity contribution is -0.192. The fraction of sp³-hybridized carbons (Fsp3) is 0.348. The van der Waals surface area contributed by atoms with Crippen LogP contribution in [0.2, 0.25) is 5.02 Å². The Morgan fingerprint density at radius 2 is 1.79 bits per heavy atom. The van der Waals surface area contributed by atoms with Crippen LogP contribution in [0, 0.1) is 18.7 Å². The summed E-state index contributed by atoms with van der Waals surface area (Å²) in [6.45, 7) is 2.22. The van der Waals surface area contributed by atoms with Gasteiger partial charge in [-0.2, -0.15) is 25.9 Å². The summed E-state index contributed by atoms with van der Waals surface area (Å²) < 4.78 is 77.4. The number of aromatic nitrogens is 2. The topological polar surface area (TPSA) is 134 Å². The third-order valence-corrected chi connectivity index (χ3v) is 8.48. The Morgan fingerprint density at radius 1 is 1.18 bits per heavy atom. The second-order valence-electron chi connectivity index (χ2n) is 9.17. The maximum absolute atomic E-state index is 14.7. The van der Waals surface area contributed by atoms with Gasteiger partial charge in [0.05, 0.1) is 33.6 Å². The Hall–Kier alpha value is -3.43. The zero-order chi connectivity index (χ0) is 28.9. The van der Waals surface area contributed by atoms with Gasteiger partial charge >= 0.3 is 22.4 Å². The molecule has 6 rings (SSSR count). The van der Waals surface area contributed by atoms with Crippen molar-refractivity contribution >= 4 is 55.7 Å². The summed E-state index contributed by atoms with van der Waals surface area (Å²) in [5, 5.41) is 10.4. The molecular weight excluding hydrogens is 570 g/mol. The summed E-state index contributed by atoms with van der Waals surface area (Å²) in [6, 6.07) is 5.80. The van der Waals surface area contributed by atoms with E-state index in [0.29, 0.717) is 34.6 Å². The second-order valence-corrected chi connectivity index (χ2v) is 11.2. The highest BCUT2D eigenvalue weighted by atomic mass is 35.5. The molecule has 3 fully saturated rings. The third-order valence-electron chi connectivity index (χ3n) is 6.54. The number of fused-ring (bicyclic) bond motifs is 2. The zero-order valence-electron chi connectivity index (χ0n) is 20.4. The van der Waals surface area contributed by atoms with Crippen molar-refractivity contribution in [2.75, 3.05) is 16.6 Å². The average molecular weight is 592 g/mol. The number of halogens is 5. The minimum Gasteiger partial charge on any atom is -0.475 e. The predicted molar refractivity (Wildman–Crippen MR) is 136 cm³/mol. The number of carboxylic acid groups (broad SMARTS) is 1. The van der Waals surface area contributed by atoms with Gasteiger partial charge in [-0.1, -0.05) is 11.6 Å². The largest absolute Gasteiger partial charge is 0.490 e. The van der Waals surface area contributed by atoms with Crippen molar-refractivity contribution in [2.24, 2.45) is 13.0 Å². The lowest BCUT2D eigenvalue weighted by Crippen LogP contribution is -2.38. The van der Waals surface area contributed by atoms with Crippen molar-refractivity contribution in [1.29, 1.82) is 0 Å². The van der Waals surface area contributed by atoms with Crippen molar-refractivity contribution < 1.29 is 35.9 Å². The van der Waals surface area contributed by atoms with Crippen molar-refractivity contribution in [3.05, 3.63) is 57.3 Å². The maximum Gasteiger partial charge on any atom is 0.490 e. The Labute approximate surface area is 224 Å². The number of nitrogens with zero attached hydrogens (tertiary/aromatic N) is 3. The van der Waals surface area contributed by atoms with Crippen LogP contribution < -0.4 is 15.6 Å². The van der Waals surface area contributed by atoms with Gasteiger partial charge in [-0.15, -0.1) is 0 Å². The molecule has 0 spiro atoms. The molecule has 0 radical (unpaired) electrons. The van der Waals surface area contributed by atoms with E-state index in [4.69, 9.17) is 21.5 Å². The number of hydrogen-bond donors (Lipinski definition) is 3. The SMILES string of the molecule is Cc1c(Nc2c(F)ccc(NS(=O)(=O)N3CC4CC3C4)c2Cl)ccc2ncn(C)c(=O)c12.O=C(O)C(F)(F)F. The van der Waals surface area contributed by atoms with Crippen molar-refractivity contribution in [3.63, 3.8) is 0 Å². The van der Waals surface area contributed by atoms with E-state index in [1.165, 1.54) is 21.3 Å². The van der Waals surface area contributed by atoms with Gasteiger partial charge in [-0.3, -0.25) is 9.52 Å². The van der Waals surface area contributed by atoms with Crippen LogP contribution in [0.25, 0.3) is 10.9 Å². The van der Waals surface area contributed by atoms with E-state index in [-0.39, 0.29) is 28.0 Å². The lowest BCUT2D eigenvalue weighted by Gasteiger charge is -2.26. The number of rotatable bonds is 5. The molecule has 3 heterocycles. The van der Waals surface area contributed by atoms with E-state index >= 15 is 0 Å². The standard InChI is InChI=1S/C21H21ClFN5O3S.C2HF3O2/c1-11-15(5-6-16-18(11)21(29)27(2)10-24-16)25-20-14(23)3-4-17(19(20)22)26-32(30,31)28-9-12-7-13(28)8-12;3-2(4,5)1(6)7/h3-6,10,12-13,25-26H,7-9H2,1-2H3;(H,6,7). The van der Waals surface area contributed by atoms with Crippen LogP contribution in [0.5, 0.6) is 0 Å². The van der Waals surface area contributed by atoms with E-state index < -0.39 is 28.2 Å². The van der Waals surface area contributed by atoms with Crippen LogP contribution in [0.15, 0.2) is 35.4 Å². The number of hydrogen-bond acceptors (Lipinski definition) is 6. The van der Waals surface area contributed by atoms with E-state index in [9.17, 15) is 30.8 Å². The number of benzene rings is 2. The Balaban J connectivity index is 0.000000448. The molecule has 0 amide bonds. The zero-order valence-corrected chi connectivity index (χ0v) is 22.0. The number of anilines is 3. The van der Waals surface area contributed by atoms with Gasteiger partial charge in [-0.05, 0) is 55.5 Å². The van der Waals surface area contributed by atoms with Gasteiger partial charge in [0.1, 0.15) is 5.82 Å². The van der Waals surface area contributed by atoms with E-state index in [2.05, 4.69) is 15.0 Å². The second kappa shape index (κ2) is 10.3. The Kier molecular flexibility index (Phi) is 7.53. The molecule has 2 aromatic carbocycles. The van der Waals surface area contributed by atoms with E-state index in [1.807, 2.05) is 0 Å². The molecule has 2 bridgehead atoms. The molecule has 0 atom stereocenters. The highest BCUT2D eigenvalue weighted by Gasteiger charge is 2.48. The molecule has 0 unspecified atom stereocenters. The van der Waals surface area contributed by atoms with Crippen LogP contribution >= 0.6 is 11.6 Å². The summed E-state index contributed by atoms with van der Waals surface area (Å²) in [4.78, 5) is 25.7. The van der Waals surface area contributed by atoms with Crippen molar-refractivity contribution in [2.45, 2.75) is 32.0 Å². The first-order valence-corrected chi connectivity index (χ1v) is 13.2. The van der Waals surface area contributed by atoms with Crippen LogP contribution in [0.3, 0.4) is 0 Å². The van der Waals surface area contributed by atoms with Crippen molar-refractivity contribution in [3.8, 4) is 0 Å². The first-order valence-electron chi connectivity index (χ1n) is 11.4. The maximum atomic E-state index is 14.7. The van der Waals surface area contributed by atoms with Gasteiger partial charge in [-0.25, -0.2) is 14.2 Å². The smallest absolute Gasteiger partial charge is 0.475 e. The fourth-order valence-corrected chi connectivity index (χ4v) is 6.29. The molecule has 3 aliphatic rings. The summed E-state index contributed by atoms with van der Waals surface area (Å²) >= 11 is 6.42. The normalized spacial score (nSPS) is 18.7. The molecule has 3 N–H and O–H groups in total. The van der Waals surface area contributed by atoms with Crippen LogP contribution in [-0.2, 0) is 22.1 Å². The molecule has 10 nitrogen and oxygen atoms in total. The number of nitrogens with one attached hydrogen (secondary N) is 2. The van der Waals surface area contributed by atoms with Gasteiger partial charge in [0, 0.05) is 25.3 Å². The lowest BCUT2D eigenvalue weighted by atomic mass is 9.87. The highest BCUT2D eigenvalue weighted by Crippen LogP contribution is 2.43. The van der Waals surface area contributed by atoms with Crippen molar-refractivity contribution in [1.82, 2.24) is 13.9 Å². The van der Waals surface area contributed by atoms with Crippen LogP contribution in [0.4, 0.5) is 34.6 Å². The molecule has 1 aromatic heterocycles. The van der Waals surface area contributed by atoms with E-state index in [1.54, 1.807) is 26.1 Å². The molecular formula is C23H22ClF4N5O5S. The minimum absolute atomic E-state index is 0.0193. The first kappa shape index (κ1) is 28.6. The average Bonchev–Trinajstić information content (AvgIpc) is 3.45. The molecule has 1 saturated carbocycles. The Morgan fingerprint density at radius 3 is 2.36 bits per heavy atom. The van der Waals surface area contributed by atoms with Gasteiger partial charge in [0.25, 0.3) is 5.56 Å². The van der Waals surface area contributed by atoms with Gasteiger partial charge < -0.3 is 15.0 Å². The quantitative estimate of drug-likeness (QED) is 0.379. The van der Waals surface area contributed by atoms with Crippen LogP contribution in [-0.4, -0.2) is 52.1 Å². The number of carbonyl (C=O) groups is 1. The van der Waals surface area contributed by atoms with Gasteiger partial charge in [0.2, 0.25) is 0 Å². The molecule has 210 valence electrons. The highest BCUT2D eigenvalue weighted by molar-refractivity contribution is 7.90. The monoisotopic (exact) mass is 591 g/mol. The predicted octanol–water partition coefficient (Wildman–Crippen LogP) is 4.16.